The van der Waals surface area contributed by atoms with E-state index >= 15 is 0 Å². The average Bonchev–Trinajstić information content (AvgIpc) is 3.02. The van der Waals surface area contributed by atoms with Crippen LogP contribution < -0.4 is 4.90 Å². The van der Waals surface area contributed by atoms with Crippen molar-refractivity contribution in [1.82, 2.24) is 15.0 Å². The summed E-state index contributed by atoms with van der Waals surface area (Å²) in [6.45, 7) is 5.55. The molecule has 24 heavy (non-hydrogen) atoms. The zero-order chi connectivity index (χ0) is 17.1. The number of likely N-dealkylation sites (N-methyl/N-ethyl adjacent to an activating group) is 1. The normalized spacial score (nSPS) is 17.8. The van der Waals surface area contributed by atoms with Crippen molar-refractivity contribution in [1.29, 1.82) is 0 Å². The molecule has 0 aliphatic carbocycles. The summed E-state index contributed by atoms with van der Waals surface area (Å²) >= 11 is 0. The summed E-state index contributed by atoms with van der Waals surface area (Å²) in [6.07, 6.45) is 4.54. The lowest BCUT2D eigenvalue weighted by atomic mass is 10.0. The number of amides is 1. The lowest BCUT2D eigenvalue weighted by molar-refractivity contribution is 0.0714. The molecule has 6 heteroatoms. The minimum Gasteiger partial charge on any atom is -0.361 e. The van der Waals surface area contributed by atoms with Crippen LogP contribution in [0, 0.1) is 6.92 Å². The number of aryl methyl sites for hydroxylation is 2. The highest BCUT2D eigenvalue weighted by Crippen LogP contribution is 2.23. The summed E-state index contributed by atoms with van der Waals surface area (Å²) < 4.78 is 5.22. The van der Waals surface area contributed by atoms with Crippen molar-refractivity contribution in [3.63, 3.8) is 0 Å². The van der Waals surface area contributed by atoms with E-state index in [1.54, 1.807) is 6.92 Å². The molecule has 2 aromatic heterocycles. The van der Waals surface area contributed by atoms with Crippen molar-refractivity contribution < 1.29 is 9.32 Å². The highest BCUT2D eigenvalue weighted by Gasteiger charge is 2.30. The van der Waals surface area contributed by atoms with E-state index in [0.717, 1.165) is 37.4 Å². The van der Waals surface area contributed by atoms with Crippen molar-refractivity contribution in [2.24, 2.45) is 0 Å². The Kier molecular flexibility index (Phi) is 4.83. The Labute approximate surface area is 142 Å². The van der Waals surface area contributed by atoms with Crippen LogP contribution in [0.15, 0.2) is 28.9 Å². The van der Waals surface area contributed by atoms with E-state index in [2.05, 4.69) is 15.0 Å². The fourth-order valence-electron chi connectivity index (χ4n) is 3.30. The number of aromatic nitrogens is 2. The summed E-state index contributed by atoms with van der Waals surface area (Å²) in [7, 11) is 1.88. The fourth-order valence-corrected chi connectivity index (χ4v) is 3.30. The van der Waals surface area contributed by atoms with Gasteiger partial charge in [0.1, 0.15) is 17.1 Å². The average molecular weight is 328 g/mol. The number of pyridine rings is 1. The van der Waals surface area contributed by atoms with E-state index < -0.39 is 0 Å². The Morgan fingerprint density at radius 1 is 1.46 bits per heavy atom. The molecular weight excluding hydrogens is 304 g/mol. The predicted octanol–water partition coefficient (Wildman–Crippen LogP) is 2.68. The minimum absolute atomic E-state index is 0.00142. The van der Waals surface area contributed by atoms with Crippen LogP contribution in [0.1, 0.15) is 41.6 Å². The molecule has 1 aliphatic rings. The smallest absolute Gasteiger partial charge is 0.259 e. The van der Waals surface area contributed by atoms with Crippen molar-refractivity contribution >= 4 is 11.7 Å². The van der Waals surface area contributed by atoms with Crippen LogP contribution in [0.5, 0.6) is 0 Å². The molecule has 3 rings (SSSR count). The molecule has 1 fully saturated rings. The van der Waals surface area contributed by atoms with Gasteiger partial charge < -0.3 is 14.3 Å². The van der Waals surface area contributed by atoms with Crippen LogP contribution in [0.25, 0.3) is 0 Å². The minimum atomic E-state index is -0.00142. The first-order valence-electron chi connectivity index (χ1n) is 8.50. The van der Waals surface area contributed by atoms with Gasteiger partial charge in [0.05, 0.1) is 5.69 Å². The van der Waals surface area contributed by atoms with Gasteiger partial charge in [0.15, 0.2) is 0 Å². The first-order valence-corrected chi connectivity index (χ1v) is 8.50. The number of carbonyl (C=O) groups excluding carboxylic acids is 1. The highest BCUT2D eigenvalue weighted by atomic mass is 16.5. The zero-order valence-corrected chi connectivity index (χ0v) is 14.5. The molecular formula is C18H24N4O2. The van der Waals surface area contributed by atoms with E-state index in [4.69, 9.17) is 4.52 Å². The molecule has 1 aliphatic heterocycles. The number of carbonyl (C=O) groups is 1. The fraction of sp³-hybridized carbons (Fsp3) is 0.500. The zero-order valence-electron chi connectivity index (χ0n) is 14.5. The van der Waals surface area contributed by atoms with E-state index in [0.29, 0.717) is 17.7 Å². The second-order valence-electron chi connectivity index (χ2n) is 6.26. The standard InChI is InChI=1S/C18H24N4O2/c1-4-15-17(13(2)24-20-15)18(23)21(3)14-8-7-11-22(12-14)16-9-5-6-10-19-16/h5-6,9-10,14H,4,7-8,11-12H2,1-3H3/t14-/m0/s1. The van der Waals surface area contributed by atoms with Crippen LogP contribution in [-0.4, -0.2) is 47.1 Å². The Bertz CT molecular complexity index is 698. The third-order valence-corrected chi connectivity index (χ3v) is 4.72. The molecule has 0 N–H and O–H groups in total. The van der Waals surface area contributed by atoms with E-state index in [9.17, 15) is 4.79 Å². The monoisotopic (exact) mass is 328 g/mol. The SMILES string of the molecule is CCc1noc(C)c1C(=O)N(C)[C@H]1CCCN(c2ccccn2)C1. The lowest BCUT2D eigenvalue weighted by Crippen LogP contribution is -2.49. The largest absolute Gasteiger partial charge is 0.361 e. The maximum absolute atomic E-state index is 12.9. The molecule has 2 aromatic rings. The summed E-state index contributed by atoms with van der Waals surface area (Å²) in [5.41, 5.74) is 1.36. The molecule has 6 nitrogen and oxygen atoms in total. The van der Waals surface area contributed by atoms with Crippen LogP contribution in [-0.2, 0) is 6.42 Å². The van der Waals surface area contributed by atoms with Gasteiger partial charge in [-0.05, 0) is 38.3 Å². The molecule has 0 radical (unpaired) electrons. The lowest BCUT2D eigenvalue weighted by Gasteiger charge is -2.38. The highest BCUT2D eigenvalue weighted by molar-refractivity contribution is 5.96. The summed E-state index contributed by atoms with van der Waals surface area (Å²) in [5.74, 6) is 1.57. The maximum atomic E-state index is 12.9. The summed E-state index contributed by atoms with van der Waals surface area (Å²) in [5, 5.41) is 4.00. The first-order chi connectivity index (χ1) is 11.6. The molecule has 0 saturated carbocycles. The van der Waals surface area contributed by atoms with Crippen molar-refractivity contribution in [3.8, 4) is 0 Å². The van der Waals surface area contributed by atoms with Gasteiger partial charge in [-0.15, -0.1) is 0 Å². The maximum Gasteiger partial charge on any atom is 0.259 e. The number of anilines is 1. The Morgan fingerprint density at radius 3 is 3.00 bits per heavy atom. The molecule has 0 aromatic carbocycles. The molecule has 0 bridgehead atoms. The molecule has 0 spiro atoms. The Morgan fingerprint density at radius 2 is 2.29 bits per heavy atom. The number of rotatable bonds is 4. The quantitative estimate of drug-likeness (QED) is 0.863. The number of nitrogens with zero attached hydrogens (tertiary/aromatic N) is 4. The van der Waals surface area contributed by atoms with Gasteiger partial charge in [-0.3, -0.25) is 4.79 Å². The first kappa shape index (κ1) is 16.5. The van der Waals surface area contributed by atoms with Gasteiger partial charge >= 0.3 is 0 Å². The van der Waals surface area contributed by atoms with Gasteiger partial charge in [-0.1, -0.05) is 18.1 Å². The van der Waals surface area contributed by atoms with Crippen LogP contribution >= 0.6 is 0 Å². The van der Waals surface area contributed by atoms with E-state index in [1.165, 1.54) is 0 Å². The van der Waals surface area contributed by atoms with E-state index in [-0.39, 0.29) is 11.9 Å². The molecule has 1 saturated heterocycles. The predicted molar refractivity (Wildman–Crippen MR) is 92.2 cm³/mol. The molecule has 1 amide bonds. The van der Waals surface area contributed by atoms with Crippen molar-refractivity contribution in [3.05, 3.63) is 41.4 Å². The Balaban J connectivity index is 1.75. The molecule has 0 unspecified atom stereocenters. The Hall–Kier alpha value is -2.37. The number of hydrogen-bond donors (Lipinski definition) is 0. The summed E-state index contributed by atoms with van der Waals surface area (Å²) in [4.78, 5) is 21.5. The third-order valence-electron chi connectivity index (χ3n) is 4.72. The van der Waals surface area contributed by atoms with Crippen molar-refractivity contribution in [2.45, 2.75) is 39.2 Å². The topological polar surface area (TPSA) is 62.5 Å². The molecule has 1 atom stereocenters. The van der Waals surface area contributed by atoms with Gasteiger partial charge in [-0.25, -0.2) is 4.98 Å². The number of piperidine rings is 1. The molecule has 128 valence electrons. The van der Waals surface area contributed by atoms with Gasteiger partial charge in [0, 0.05) is 32.4 Å². The third kappa shape index (κ3) is 3.13. The van der Waals surface area contributed by atoms with Crippen LogP contribution in [0.2, 0.25) is 0 Å². The summed E-state index contributed by atoms with van der Waals surface area (Å²) in [6, 6.07) is 6.09. The second-order valence-corrected chi connectivity index (χ2v) is 6.26. The van der Waals surface area contributed by atoms with Gasteiger partial charge in [0.25, 0.3) is 5.91 Å². The number of hydrogen-bond acceptors (Lipinski definition) is 5. The second kappa shape index (κ2) is 7.03. The van der Waals surface area contributed by atoms with Gasteiger partial charge in [-0.2, -0.15) is 0 Å². The van der Waals surface area contributed by atoms with Crippen LogP contribution in [0.3, 0.4) is 0 Å². The molecule has 3 heterocycles. The van der Waals surface area contributed by atoms with Crippen molar-refractivity contribution in [2.75, 3.05) is 25.0 Å². The van der Waals surface area contributed by atoms with E-state index in [1.807, 2.05) is 43.3 Å². The van der Waals surface area contributed by atoms with Crippen LogP contribution in [0.4, 0.5) is 5.82 Å². The van der Waals surface area contributed by atoms with Gasteiger partial charge in [0.2, 0.25) is 0 Å².